The van der Waals surface area contributed by atoms with Gasteiger partial charge in [0.05, 0.1) is 11.1 Å². The lowest BCUT2D eigenvalue weighted by Crippen LogP contribution is -2.13. The molecule has 10 heteroatoms. The molecule has 1 rings (SSSR count). The molecule has 1 aromatic rings. The van der Waals surface area contributed by atoms with E-state index in [1.165, 1.54) is 6.20 Å². The number of thioether (sulfide) groups is 1. The molecular weight excluding hydrogens is 336 g/mol. The second-order valence-electron chi connectivity index (χ2n) is 4.24. The van der Waals surface area contributed by atoms with Crippen LogP contribution < -0.4 is 0 Å². The Morgan fingerprint density at radius 2 is 1.86 bits per heavy atom. The normalized spacial score (nSPS) is 16.7. The van der Waals surface area contributed by atoms with E-state index in [4.69, 9.17) is 13.6 Å². The molecule has 0 bridgehead atoms. The van der Waals surface area contributed by atoms with E-state index in [1.807, 2.05) is 0 Å². The van der Waals surface area contributed by atoms with Crippen molar-refractivity contribution < 1.29 is 27.6 Å². The first kappa shape index (κ1) is 18.8. The van der Waals surface area contributed by atoms with Gasteiger partial charge < -0.3 is 18.5 Å². The van der Waals surface area contributed by atoms with Crippen molar-refractivity contribution in [2.75, 3.05) is 14.2 Å². The fourth-order valence-corrected chi connectivity index (χ4v) is 7.68. The predicted molar refractivity (Wildman–Crippen MR) is 81.6 cm³/mol. The maximum Gasteiger partial charge on any atom is 0.355 e. The lowest BCUT2D eigenvalue weighted by Gasteiger charge is -2.27. The molecule has 0 saturated heterocycles. The Hall–Kier alpha value is -0.200. The first-order valence-electron chi connectivity index (χ1n) is 6.05. The summed E-state index contributed by atoms with van der Waals surface area (Å²) >= 11 is 0.831. The largest absolute Gasteiger partial charge is 0.355 e. The molecule has 0 aliphatic heterocycles. The van der Waals surface area contributed by atoms with Crippen molar-refractivity contribution in [2.24, 2.45) is 0 Å². The highest BCUT2D eigenvalue weighted by atomic mass is 32.2. The van der Waals surface area contributed by atoms with Crippen LogP contribution in [-0.4, -0.2) is 34.9 Å². The van der Waals surface area contributed by atoms with E-state index in [0.717, 1.165) is 26.0 Å². The van der Waals surface area contributed by atoms with Gasteiger partial charge in [0, 0.05) is 20.4 Å². The summed E-state index contributed by atoms with van der Waals surface area (Å²) in [4.78, 5) is 14.2. The third-order valence-electron chi connectivity index (χ3n) is 2.28. The topological polar surface area (TPSA) is 95.0 Å². The van der Waals surface area contributed by atoms with Crippen LogP contribution in [0.1, 0.15) is 13.8 Å². The third-order valence-corrected chi connectivity index (χ3v) is 9.75. The number of rotatable bonds is 8. The van der Waals surface area contributed by atoms with E-state index in [-0.39, 0.29) is 0 Å². The summed E-state index contributed by atoms with van der Waals surface area (Å²) in [6, 6.07) is 5.04. The molecule has 1 aromatic heterocycles. The van der Waals surface area contributed by atoms with Crippen LogP contribution in [-0.2, 0) is 22.7 Å². The molecule has 0 radical (unpaired) electrons. The van der Waals surface area contributed by atoms with Crippen molar-refractivity contribution >= 4 is 27.0 Å². The van der Waals surface area contributed by atoms with E-state index in [1.54, 1.807) is 32.0 Å². The van der Waals surface area contributed by atoms with Crippen molar-refractivity contribution in [1.29, 1.82) is 0 Å². The Kier molecular flexibility index (Phi) is 7.07. The smallest absolute Gasteiger partial charge is 0.323 e. The second kappa shape index (κ2) is 7.88. The summed E-state index contributed by atoms with van der Waals surface area (Å²) in [5.74, 6) is 0. The zero-order chi connectivity index (χ0) is 16.1. The first-order valence-corrected chi connectivity index (χ1v) is 10.2. The molecular formula is C11H19NO6P2S. The third kappa shape index (κ3) is 5.18. The van der Waals surface area contributed by atoms with Crippen LogP contribution in [0.3, 0.4) is 0 Å². The van der Waals surface area contributed by atoms with Crippen molar-refractivity contribution in [1.82, 2.24) is 4.98 Å². The summed E-state index contributed by atoms with van der Waals surface area (Å²) in [5, 5.41) is 0.415. The van der Waals surface area contributed by atoms with Crippen LogP contribution in [0.4, 0.5) is 0 Å². The standard InChI is InChI=1S/C11H19NO6P2S/c1-9(2)18-19(13,14)11(20(15,16-3)17-4)21-10-7-5-6-8-12-10/h5-9,11H,1-4H3,(H,13,14). The minimum absolute atomic E-state index is 0.415. The maximum absolute atomic E-state index is 12.6. The van der Waals surface area contributed by atoms with Gasteiger partial charge in [-0.05, 0) is 26.0 Å². The summed E-state index contributed by atoms with van der Waals surface area (Å²) in [7, 11) is -5.80. The molecule has 2 unspecified atom stereocenters. The van der Waals surface area contributed by atoms with Crippen LogP contribution in [0, 0.1) is 0 Å². The van der Waals surface area contributed by atoms with E-state index < -0.39 is 26.0 Å². The molecule has 1 N–H and O–H groups in total. The molecule has 0 amide bonds. The number of aromatic nitrogens is 1. The average molecular weight is 355 g/mol. The molecule has 0 fully saturated rings. The molecule has 7 nitrogen and oxygen atoms in total. The molecule has 2 atom stereocenters. The molecule has 0 spiro atoms. The molecule has 0 aliphatic carbocycles. The molecule has 0 aliphatic rings. The van der Waals surface area contributed by atoms with Gasteiger partial charge in [-0.15, -0.1) is 0 Å². The second-order valence-corrected chi connectivity index (χ2v) is 10.6. The monoisotopic (exact) mass is 355 g/mol. The SMILES string of the molecule is COP(=O)(OC)C(Sc1ccccn1)P(=O)(O)OC(C)C. The Labute approximate surface area is 128 Å². The van der Waals surface area contributed by atoms with Gasteiger partial charge in [-0.25, -0.2) is 4.98 Å². The Balaban J connectivity index is 3.17. The molecule has 1 heterocycles. The fraction of sp³-hybridized carbons (Fsp3) is 0.545. The highest BCUT2D eigenvalue weighted by Crippen LogP contribution is 2.72. The van der Waals surface area contributed by atoms with Gasteiger partial charge >= 0.3 is 15.2 Å². The summed E-state index contributed by atoms with van der Waals surface area (Å²) < 4.78 is 38.4. The van der Waals surface area contributed by atoms with Crippen LogP contribution >= 0.6 is 27.0 Å². The number of hydrogen-bond donors (Lipinski definition) is 1. The van der Waals surface area contributed by atoms with Gasteiger partial charge in [-0.3, -0.25) is 9.13 Å². The lowest BCUT2D eigenvalue weighted by molar-refractivity contribution is 0.202. The van der Waals surface area contributed by atoms with Crippen LogP contribution in [0.25, 0.3) is 0 Å². The maximum atomic E-state index is 12.6. The summed E-state index contributed by atoms with van der Waals surface area (Å²) in [6.45, 7) is 3.21. The fourth-order valence-electron chi connectivity index (χ4n) is 1.44. The number of hydrogen-bond acceptors (Lipinski definition) is 7. The molecule has 21 heavy (non-hydrogen) atoms. The number of pyridine rings is 1. The zero-order valence-electron chi connectivity index (χ0n) is 12.2. The first-order chi connectivity index (χ1) is 9.75. The van der Waals surface area contributed by atoms with Gasteiger partial charge in [0.25, 0.3) is 0 Å². The van der Waals surface area contributed by atoms with E-state index >= 15 is 0 Å². The highest BCUT2D eigenvalue weighted by Gasteiger charge is 2.50. The molecule has 0 aromatic carbocycles. The molecule has 0 saturated carbocycles. The van der Waals surface area contributed by atoms with Crippen molar-refractivity contribution in [3.05, 3.63) is 24.4 Å². The van der Waals surface area contributed by atoms with Crippen molar-refractivity contribution in [3.8, 4) is 0 Å². The highest BCUT2D eigenvalue weighted by molar-refractivity contribution is 8.12. The van der Waals surface area contributed by atoms with E-state index in [9.17, 15) is 14.0 Å². The minimum atomic E-state index is -4.27. The summed E-state index contributed by atoms with van der Waals surface area (Å²) in [6.07, 6.45) is 1.00. The van der Waals surface area contributed by atoms with Gasteiger partial charge in [0.1, 0.15) is 0 Å². The minimum Gasteiger partial charge on any atom is -0.323 e. The number of nitrogens with zero attached hydrogens (tertiary/aromatic N) is 1. The Morgan fingerprint density at radius 1 is 1.24 bits per heavy atom. The van der Waals surface area contributed by atoms with Gasteiger partial charge in [-0.2, -0.15) is 0 Å². The quantitative estimate of drug-likeness (QED) is 0.559. The Morgan fingerprint density at radius 3 is 2.29 bits per heavy atom. The van der Waals surface area contributed by atoms with Crippen molar-refractivity contribution in [3.63, 3.8) is 0 Å². The van der Waals surface area contributed by atoms with Gasteiger partial charge in [0.15, 0.2) is 0 Å². The van der Waals surface area contributed by atoms with Crippen molar-refractivity contribution in [2.45, 2.75) is 29.7 Å². The van der Waals surface area contributed by atoms with E-state index in [0.29, 0.717) is 5.03 Å². The van der Waals surface area contributed by atoms with Crippen LogP contribution in [0.15, 0.2) is 29.4 Å². The van der Waals surface area contributed by atoms with E-state index in [2.05, 4.69) is 4.98 Å². The molecule has 120 valence electrons. The Bertz CT molecular complexity index is 533. The van der Waals surface area contributed by atoms with Gasteiger partial charge in [-0.1, -0.05) is 17.8 Å². The van der Waals surface area contributed by atoms with Crippen LogP contribution in [0.5, 0.6) is 0 Å². The van der Waals surface area contributed by atoms with Gasteiger partial charge in [0.2, 0.25) is 4.73 Å². The predicted octanol–water partition coefficient (Wildman–Crippen LogP) is 3.55. The lowest BCUT2D eigenvalue weighted by atomic mass is 10.5. The zero-order valence-corrected chi connectivity index (χ0v) is 14.8. The van der Waals surface area contributed by atoms with Crippen LogP contribution in [0.2, 0.25) is 0 Å². The summed E-state index contributed by atoms with van der Waals surface area (Å²) in [5.41, 5.74) is 0. The average Bonchev–Trinajstić information content (AvgIpc) is 2.43.